The Balaban J connectivity index is 1.94. The van der Waals surface area contributed by atoms with E-state index in [1.165, 1.54) is 6.07 Å². The number of hydrogen-bond donors (Lipinski definition) is 4. The van der Waals surface area contributed by atoms with Gasteiger partial charge in [0.2, 0.25) is 10.0 Å². The third kappa shape index (κ3) is 4.14. The number of hydrazone groups is 1. The zero-order valence-electron chi connectivity index (χ0n) is 15.0. The highest BCUT2D eigenvalue weighted by Crippen LogP contribution is 2.29. The fourth-order valence-electron chi connectivity index (χ4n) is 3.34. The second kappa shape index (κ2) is 7.84. The number of primary sulfonamides is 1. The molecular weight excluding hydrogens is 385 g/mol. The first-order valence-electron chi connectivity index (χ1n) is 8.54. The van der Waals surface area contributed by atoms with Gasteiger partial charge in [-0.1, -0.05) is 36.4 Å². The van der Waals surface area contributed by atoms with Crippen LogP contribution in [-0.2, 0) is 16.6 Å². The number of amidine groups is 1. The Morgan fingerprint density at radius 2 is 1.89 bits per heavy atom. The molecule has 0 bridgehead atoms. The molecule has 2 unspecified atom stereocenters. The van der Waals surface area contributed by atoms with Crippen LogP contribution in [0.4, 0.5) is 4.39 Å². The number of aliphatic hydroxyl groups is 1. The smallest absolute Gasteiger partial charge is 0.238 e. The number of likely N-dealkylation sites (tertiary alicyclic amines) is 1. The molecule has 7 N–H and O–H groups in total. The van der Waals surface area contributed by atoms with Crippen LogP contribution in [0.3, 0.4) is 0 Å². The monoisotopic (exact) mass is 407 g/mol. The number of hydrogen-bond acceptors (Lipinski definition) is 6. The minimum atomic E-state index is -4.04. The molecule has 1 aliphatic heterocycles. The zero-order chi connectivity index (χ0) is 20.5. The Bertz CT molecular complexity index is 985. The fraction of sp³-hybridized carbons (Fsp3) is 0.278. The predicted octanol–water partition coefficient (Wildman–Crippen LogP) is 0.0946. The Morgan fingerprint density at radius 1 is 1.21 bits per heavy atom. The van der Waals surface area contributed by atoms with E-state index >= 15 is 0 Å². The number of nitrogens with zero attached hydrogens (tertiary/aromatic N) is 2. The summed E-state index contributed by atoms with van der Waals surface area (Å²) in [6.07, 6.45) is -2.19. The van der Waals surface area contributed by atoms with Gasteiger partial charge in [0.1, 0.15) is 6.17 Å². The Morgan fingerprint density at radius 3 is 2.43 bits per heavy atom. The summed E-state index contributed by atoms with van der Waals surface area (Å²) in [7, 11) is -4.04. The van der Waals surface area contributed by atoms with Gasteiger partial charge in [-0.15, -0.1) is 0 Å². The van der Waals surface area contributed by atoms with Crippen LogP contribution < -0.4 is 16.7 Å². The van der Waals surface area contributed by atoms with Gasteiger partial charge in [0.25, 0.3) is 0 Å². The first kappa shape index (κ1) is 20.2. The summed E-state index contributed by atoms with van der Waals surface area (Å²) in [5.74, 6) is 5.12. The Hall–Kier alpha value is -2.53. The molecule has 2 atom stereocenters. The van der Waals surface area contributed by atoms with Gasteiger partial charge < -0.3 is 16.7 Å². The molecule has 0 aromatic heterocycles. The minimum Gasteiger partial charge on any atom is -0.389 e. The average Bonchev–Trinajstić information content (AvgIpc) is 2.97. The third-order valence-corrected chi connectivity index (χ3v) is 5.65. The molecule has 1 saturated heterocycles. The van der Waals surface area contributed by atoms with E-state index in [1.54, 1.807) is 24.3 Å². The quantitative estimate of drug-likeness (QED) is 0.239. The van der Waals surface area contributed by atoms with Crippen LogP contribution in [-0.4, -0.2) is 49.6 Å². The number of halogens is 1. The minimum absolute atomic E-state index is 0.142. The summed E-state index contributed by atoms with van der Waals surface area (Å²) in [5.41, 5.74) is 8.12. The molecule has 0 radical (unpaired) electrons. The molecule has 1 aliphatic rings. The maximum atomic E-state index is 13.5. The number of sulfonamides is 1. The van der Waals surface area contributed by atoms with Crippen molar-refractivity contribution in [2.75, 3.05) is 13.1 Å². The normalized spacial score (nSPS) is 21.2. The van der Waals surface area contributed by atoms with Gasteiger partial charge in [-0.2, -0.15) is 5.10 Å². The summed E-state index contributed by atoms with van der Waals surface area (Å²) < 4.78 is 37.3. The number of benzene rings is 2. The van der Waals surface area contributed by atoms with Crippen molar-refractivity contribution < 1.29 is 17.9 Å². The van der Waals surface area contributed by atoms with Gasteiger partial charge in [-0.3, -0.25) is 4.90 Å². The summed E-state index contributed by atoms with van der Waals surface area (Å²) in [4.78, 5) is 1.66. The topological polar surface area (TPSA) is 148 Å². The number of aliphatic hydroxyl groups excluding tert-OH is 1. The van der Waals surface area contributed by atoms with Crippen molar-refractivity contribution in [2.24, 2.45) is 21.8 Å². The molecule has 28 heavy (non-hydrogen) atoms. The SMILES string of the molecule is N/N=C(\N)c1c(-c2ccc(CN3CC(O)C(F)C3)cc2)cccc1S(N)(=O)=O. The van der Waals surface area contributed by atoms with E-state index in [1.807, 2.05) is 17.0 Å². The van der Waals surface area contributed by atoms with E-state index in [2.05, 4.69) is 5.10 Å². The highest BCUT2D eigenvalue weighted by Gasteiger charge is 2.30. The van der Waals surface area contributed by atoms with Crippen molar-refractivity contribution >= 4 is 15.9 Å². The molecular formula is C18H22FN5O3S. The molecule has 2 aromatic rings. The third-order valence-electron chi connectivity index (χ3n) is 4.69. The molecule has 1 heterocycles. The summed E-state index contributed by atoms with van der Waals surface area (Å²) in [5, 5.41) is 18.3. The first-order valence-corrected chi connectivity index (χ1v) is 10.1. The maximum Gasteiger partial charge on any atom is 0.238 e. The molecule has 0 spiro atoms. The second-order valence-corrected chi connectivity index (χ2v) is 8.24. The Labute approximate surface area is 162 Å². The summed E-state index contributed by atoms with van der Waals surface area (Å²) >= 11 is 0. The molecule has 1 fully saturated rings. The molecule has 0 aliphatic carbocycles. The van der Waals surface area contributed by atoms with Gasteiger partial charge in [0.15, 0.2) is 5.84 Å². The van der Waals surface area contributed by atoms with Gasteiger partial charge in [-0.25, -0.2) is 17.9 Å². The van der Waals surface area contributed by atoms with Crippen molar-refractivity contribution in [1.82, 2.24) is 4.90 Å². The molecule has 2 aromatic carbocycles. The lowest BCUT2D eigenvalue weighted by Crippen LogP contribution is -2.23. The largest absolute Gasteiger partial charge is 0.389 e. The van der Waals surface area contributed by atoms with E-state index in [9.17, 15) is 17.9 Å². The molecule has 8 nitrogen and oxygen atoms in total. The summed E-state index contributed by atoms with van der Waals surface area (Å²) in [6, 6.07) is 11.9. The van der Waals surface area contributed by atoms with E-state index in [-0.39, 0.29) is 29.4 Å². The van der Waals surface area contributed by atoms with E-state index in [4.69, 9.17) is 16.7 Å². The Kier molecular flexibility index (Phi) is 5.66. The predicted molar refractivity (Wildman–Crippen MR) is 104 cm³/mol. The highest BCUT2D eigenvalue weighted by molar-refractivity contribution is 7.89. The second-order valence-electron chi connectivity index (χ2n) is 6.71. The molecule has 10 heteroatoms. The van der Waals surface area contributed by atoms with Crippen molar-refractivity contribution in [1.29, 1.82) is 0 Å². The van der Waals surface area contributed by atoms with Crippen LogP contribution in [0.15, 0.2) is 52.5 Å². The van der Waals surface area contributed by atoms with Crippen molar-refractivity contribution in [3.8, 4) is 11.1 Å². The van der Waals surface area contributed by atoms with E-state index < -0.39 is 22.3 Å². The van der Waals surface area contributed by atoms with E-state index in [0.717, 1.165) is 5.56 Å². The molecule has 0 amide bonds. The standard InChI is InChI=1S/C18H22FN5O3S/c19-14-9-24(10-15(14)25)8-11-4-6-12(7-5-11)13-2-1-3-16(28(22,26)27)17(13)18(20)23-21/h1-7,14-15,25H,8-10,21H2,(H2,20,23)(H2,22,26,27). The molecule has 0 saturated carbocycles. The van der Waals surface area contributed by atoms with Crippen molar-refractivity contribution in [2.45, 2.75) is 23.7 Å². The van der Waals surface area contributed by atoms with Gasteiger partial charge in [-0.05, 0) is 22.8 Å². The first-order chi connectivity index (χ1) is 13.2. The van der Waals surface area contributed by atoms with Crippen molar-refractivity contribution in [3.05, 3.63) is 53.6 Å². The molecule has 3 rings (SSSR count). The number of rotatable bonds is 5. The number of β-amino-alcohol motifs (C(OH)–C–C–N with tert-alkyl or cyclic N) is 1. The highest BCUT2D eigenvalue weighted by atomic mass is 32.2. The lowest BCUT2D eigenvalue weighted by atomic mass is 9.98. The lowest BCUT2D eigenvalue weighted by Gasteiger charge is -2.16. The van der Waals surface area contributed by atoms with Gasteiger partial charge in [0, 0.05) is 25.2 Å². The summed E-state index contributed by atoms with van der Waals surface area (Å²) in [6.45, 7) is 0.966. The fourth-order valence-corrected chi connectivity index (χ4v) is 4.10. The van der Waals surface area contributed by atoms with Crippen LogP contribution in [0.5, 0.6) is 0 Å². The van der Waals surface area contributed by atoms with Crippen LogP contribution in [0, 0.1) is 0 Å². The maximum absolute atomic E-state index is 13.5. The number of nitrogens with two attached hydrogens (primary N) is 3. The van der Waals surface area contributed by atoms with Gasteiger partial charge >= 0.3 is 0 Å². The van der Waals surface area contributed by atoms with Crippen LogP contribution in [0.2, 0.25) is 0 Å². The van der Waals surface area contributed by atoms with Crippen LogP contribution >= 0.6 is 0 Å². The van der Waals surface area contributed by atoms with Crippen LogP contribution in [0.25, 0.3) is 11.1 Å². The van der Waals surface area contributed by atoms with E-state index in [0.29, 0.717) is 17.7 Å². The molecule has 150 valence electrons. The van der Waals surface area contributed by atoms with Gasteiger partial charge in [0.05, 0.1) is 11.0 Å². The average molecular weight is 407 g/mol. The van der Waals surface area contributed by atoms with Crippen LogP contribution in [0.1, 0.15) is 11.1 Å². The lowest BCUT2D eigenvalue weighted by molar-refractivity contribution is 0.115. The number of alkyl halides is 1. The van der Waals surface area contributed by atoms with Crippen molar-refractivity contribution in [3.63, 3.8) is 0 Å². The zero-order valence-corrected chi connectivity index (χ0v) is 15.8.